The van der Waals surface area contributed by atoms with Crippen LogP contribution in [0.1, 0.15) is 16.8 Å². The second-order valence-electron chi connectivity index (χ2n) is 5.75. The van der Waals surface area contributed by atoms with Gasteiger partial charge in [0, 0.05) is 39.5 Å². The highest BCUT2D eigenvalue weighted by Gasteiger charge is 2.24. The molecule has 0 unspecified atom stereocenters. The van der Waals surface area contributed by atoms with Gasteiger partial charge in [0.1, 0.15) is 0 Å². The van der Waals surface area contributed by atoms with Gasteiger partial charge in [-0.1, -0.05) is 12.1 Å². The summed E-state index contributed by atoms with van der Waals surface area (Å²) in [5, 5.41) is 0. The first-order chi connectivity index (χ1) is 10.9. The molecule has 1 fully saturated rings. The Labute approximate surface area is 137 Å². The van der Waals surface area contributed by atoms with E-state index in [9.17, 15) is 13.2 Å². The van der Waals surface area contributed by atoms with E-state index in [1.54, 1.807) is 30.2 Å². The van der Waals surface area contributed by atoms with Gasteiger partial charge in [0.25, 0.3) is 5.91 Å². The highest BCUT2D eigenvalue weighted by atomic mass is 32.2. The molecule has 128 valence electrons. The summed E-state index contributed by atoms with van der Waals surface area (Å²) in [7, 11) is -1.75. The molecular formula is C16H24N2O4S. The summed E-state index contributed by atoms with van der Waals surface area (Å²) in [5.74, 6) is -0.209. The Morgan fingerprint density at radius 3 is 2.61 bits per heavy atom. The zero-order valence-electron chi connectivity index (χ0n) is 13.7. The van der Waals surface area contributed by atoms with Crippen LogP contribution in [0, 0.1) is 0 Å². The van der Waals surface area contributed by atoms with Crippen LogP contribution >= 0.6 is 0 Å². The second-order valence-corrected chi connectivity index (χ2v) is 7.73. The molecule has 1 saturated heterocycles. The van der Waals surface area contributed by atoms with Crippen LogP contribution in [-0.2, 0) is 14.6 Å². The minimum Gasteiger partial charge on any atom is -0.383 e. The van der Waals surface area contributed by atoms with Crippen molar-refractivity contribution in [3.8, 4) is 0 Å². The van der Waals surface area contributed by atoms with Crippen LogP contribution < -0.4 is 0 Å². The lowest BCUT2D eigenvalue weighted by Gasteiger charge is -2.22. The number of amides is 1. The zero-order chi connectivity index (χ0) is 16.9. The summed E-state index contributed by atoms with van der Waals surface area (Å²) in [6.07, 6.45) is 2.00. The maximum Gasteiger partial charge on any atom is 0.255 e. The summed E-state index contributed by atoms with van der Waals surface area (Å²) in [6, 6.07) is 6.42. The summed E-state index contributed by atoms with van der Waals surface area (Å²) >= 11 is 0. The van der Waals surface area contributed by atoms with E-state index >= 15 is 0 Å². The molecule has 0 N–H and O–H groups in total. The van der Waals surface area contributed by atoms with E-state index in [-0.39, 0.29) is 16.4 Å². The molecule has 2 rings (SSSR count). The number of benzene rings is 1. The van der Waals surface area contributed by atoms with Crippen molar-refractivity contribution in [2.45, 2.75) is 11.3 Å². The predicted molar refractivity (Wildman–Crippen MR) is 88.4 cm³/mol. The van der Waals surface area contributed by atoms with Crippen molar-refractivity contribution in [2.24, 2.45) is 0 Å². The SMILES string of the molecule is COCCN1CCCN(C(=O)c2ccccc2S(C)(=O)=O)CC1. The van der Waals surface area contributed by atoms with Gasteiger partial charge in [-0.2, -0.15) is 0 Å². The van der Waals surface area contributed by atoms with Gasteiger partial charge in [-0.05, 0) is 25.1 Å². The van der Waals surface area contributed by atoms with E-state index in [1.807, 2.05) is 0 Å². The van der Waals surface area contributed by atoms with Crippen molar-refractivity contribution < 1.29 is 17.9 Å². The Balaban J connectivity index is 2.13. The van der Waals surface area contributed by atoms with Gasteiger partial charge >= 0.3 is 0 Å². The standard InChI is InChI=1S/C16H24N2O4S/c1-22-13-12-17-8-5-9-18(11-10-17)16(19)14-6-3-4-7-15(14)23(2,20)21/h3-4,6-7H,5,8-13H2,1-2H3. The molecule has 1 aliphatic heterocycles. The van der Waals surface area contributed by atoms with Crippen molar-refractivity contribution in [2.75, 3.05) is 52.7 Å². The van der Waals surface area contributed by atoms with Gasteiger partial charge in [0.2, 0.25) is 0 Å². The highest BCUT2D eigenvalue weighted by Crippen LogP contribution is 2.18. The minimum atomic E-state index is -3.42. The first-order valence-electron chi connectivity index (χ1n) is 7.73. The average molecular weight is 340 g/mol. The largest absolute Gasteiger partial charge is 0.383 e. The number of carbonyl (C=O) groups excluding carboxylic acids is 1. The maximum absolute atomic E-state index is 12.8. The Hall–Kier alpha value is -1.44. The Morgan fingerprint density at radius 2 is 1.91 bits per heavy atom. The van der Waals surface area contributed by atoms with Gasteiger partial charge in [0.05, 0.1) is 17.1 Å². The van der Waals surface area contributed by atoms with Crippen molar-refractivity contribution in [1.29, 1.82) is 0 Å². The zero-order valence-corrected chi connectivity index (χ0v) is 14.5. The van der Waals surface area contributed by atoms with E-state index in [4.69, 9.17) is 4.74 Å². The highest BCUT2D eigenvalue weighted by molar-refractivity contribution is 7.90. The van der Waals surface area contributed by atoms with Crippen LogP contribution in [0.25, 0.3) is 0 Å². The smallest absolute Gasteiger partial charge is 0.255 e. The van der Waals surface area contributed by atoms with E-state index in [2.05, 4.69) is 4.90 Å². The van der Waals surface area contributed by atoms with Crippen LogP contribution in [0.2, 0.25) is 0 Å². The number of ether oxygens (including phenoxy) is 1. The molecule has 1 amide bonds. The lowest BCUT2D eigenvalue weighted by molar-refractivity contribution is 0.0755. The predicted octanol–water partition coefficient (Wildman–Crippen LogP) is 0.884. The molecule has 6 nitrogen and oxygen atoms in total. The normalized spacial score (nSPS) is 17.0. The molecule has 1 aliphatic rings. The molecule has 0 bridgehead atoms. The van der Waals surface area contributed by atoms with E-state index in [0.29, 0.717) is 19.7 Å². The second kappa shape index (κ2) is 7.90. The van der Waals surface area contributed by atoms with E-state index in [1.165, 1.54) is 6.07 Å². The molecule has 1 aromatic carbocycles. The van der Waals surface area contributed by atoms with Gasteiger partial charge in [-0.25, -0.2) is 8.42 Å². The fraction of sp³-hybridized carbons (Fsp3) is 0.562. The number of methoxy groups -OCH3 is 1. The molecule has 0 saturated carbocycles. The topological polar surface area (TPSA) is 66.9 Å². The lowest BCUT2D eigenvalue weighted by atomic mass is 10.2. The van der Waals surface area contributed by atoms with Gasteiger partial charge in [0.15, 0.2) is 9.84 Å². The Kier molecular flexibility index (Phi) is 6.15. The third kappa shape index (κ3) is 4.76. The summed E-state index contributed by atoms with van der Waals surface area (Å²) in [6.45, 7) is 4.45. The molecule has 23 heavy (non-hydrogen) atoms. The molecule has 1 heterocycles. The van der Waals surface area contributed by atoms with Crippen LogP contribution in [0.15, 0.2) is 29.2 Å². The first kappa shape index (κ1) is 17.9. The molecule has 0 aromatic heterocycles. The molecular weight excluding hydrogens is 316 g/mol. The fourth-order valence-corrected chi connectivity index (χ4v) is 3.64. The first-order valence-corrected chi connectivity index (χ1v) is 9.62. The number of rotatable bonds is 5. The average Bonchev–Trinajstić information content (AvgIpc) is 2.77. The number of hydrogen-bond donors (Lipinski definition) is 0. The Bertz CT molecular complexity index is 645. The quantitative estimate of drug-likeness (QED) is 0.796. The maximum atomic E-state index is 12.8. The molecule has 0 atom stereocenters. The van der Waals surface area contributed by atoms with Crippen molar-refractivity contribution >= 4 is 15.7 Å². The van der Waals surface area contributed by atoms with Gasteiger partial charge in [-0.3, -0.25) is 9.69 Å². The molecule has 7 heteroatoms. The monoisotopic (exact) mass is 340 g/mol. The van der Waals surface area contributed by atoms with Gasteiger partial charge in [-0.15, -0.1) is 0 Å². The lowest BCUT2D eigenvalue weighted by Crippen LogP contribution is -2.36. The Morgan fingerprint density at radius 1 is 1.17 bits per heavy atom. The van der Waals surface area contributed by atoms with Crippen LogP contribution in [0.5, 0.6) is 0 Å². The number of hydrogen-bond acceptors (Lipinski definition) is 5. The van der Waals surface area contributed by atoms with Gasteiger partial charge < -0.3 is 9.64 Å². The van der Waals surface area contributed by atoms with Crippen molar-refractivity contribution in [1.82, 2.24) is 9.80 Å². The summed E-state index contributed by atoms with van der Waals surface area (Å²) in [4.78, 5) is 16.9. The number of carbonyl (C=O) groups is 1. The minimum absolute atomic E-state index is 0.102. The molecule has 0 spiro atoms. The molecule has 0 radical (unpaired) electrons. The number of sulfone groups is 1. The summed E-state index contributed by atoms with van der Waals surface area (Å²) < 4.78 is 28.9. The van der Waals surface area contributed by atoms with E-state index in [0.717, 1.165) is 32.3 Å². The van der Waals surface area contributed by atoms with E-state index < -0.39 is 9.84 Å². The molecule has 0 aliphatic carbocycles. The molecule has 1 aromatic rings. The summed E-state index contributed by atoms with van der Waals surface area (Å²) in [5.41, 5.74) is 0.264. The van der Waals surface area contributed by atoms with Crippen LogP contribution in [-0.4, -0.2) is 76.8 Å². The fourth-order valence-electron chi connectivity index (χ4n) is 2.76. The van der Waals surface area contributed by atoms with Crippen molar-refractivity contribution in [3.05, 3.63) is 29.8 Å². The van der Waals surface area contributed by atoms with Crippen molar-refractivity contribution in [3.63, 3.8) is 0 Å². The third-order valence-electron chi connectivity index (χ3n) is 4.00. The van der Waals surface area contributed by atoms with Crippen LogP contribution in [0.4, 0.5) is 0 Å². The third-order valence-corrected chi connectivity index (χ3v) is 5.16. The van der Waals surface area contributed by atoms with Crippen LogP contribution in [0.3, 0.4) is 0 Å². The number of nitrogens with zero attached hydrogens (tertiary/aromatic N) is 2.